The van der Waals surface area contributed by atoms with Gasteiger partial charge in [-0.15, -0.1) is 0 Å². The summed E-state index contributed by atoms with van der Waals surface area (Å²) in [6.45, 7) is 3.53. The first-order valence-corrected chi connectivity index (χ1v) is 8.43. The van der Waals surface area contributed by atoms with Gasteiger partial charge in [0.1, 0.15) is 0 Å². The van der Waals surface area contributed by atoms with E-state index in [4.69, 9.17) is 0 Å². The van der Waals surface area contributed by atoms with Crippen LogP contribution in [-0.2, 0) is 11.8 Å². The molecule has 1 aliphatic heterocycles. The number of aromatic nitrogens is 2. The molecule has 1 aromatic heterocycles. The lowest BCUT2D eigenvalue weighted by Gasteiger charge is -2.15. The Hall–Kier alpha value is -1.82. The standard InChI is InChI=1S/C16H19N3O2S/c1-11-5-6-13-12(10-11)15(21)18(2)16(17-13)22-9-8-19-7-3-4-14(19)20/h5-6,10H,3-4,7-9H2,1-2H3. The number of hydrogen-bond donors (Lipinski definition) is 0. The van der Waals surface area contributed by atoms with Crippen LogP contribution in [0.4, 0.5) is 0 Å². The van der Waals surface area contributed by atoms with E-state index in [-0.39, 0.29) is 11.5 Å². The monoisotopic (exact) mass is 317 g/mol. The Kier molecular flexibility index (Phi) is 4.20. The lowest BCUT2D eigenvalue weighted by Crippen LogP contribution is -2.27. The first-order chi connectivity index (χ1) is 10.6. The zero-order chi connectivity index (χ0) is 15.7. The van der Waals surface area contributed by atoms with E-state index in [0.29, 0.717) is 23.5 Å². The number of rotatable bonds is 4. The Balaban J connectivity index is 1.79. The minimum absolute atomic E-state index is 0.0200. The second-order valence-corrected chi connectivity index (χ2v) is 6.67. The van der Waals surface area contributed by atoms with E-state index < -0.39 is 0 Å². The molecule has 5 nitrogen and oxygen atoms in total. The van der Waals surface area contributed by atoms with Crippen LogP contribution in [0.25, 0.3) is 10.9 Å². The van der Waals surface area contributed by atoms with Gasteiger partial charge in [-0.3, -0.25) is 14.2 Å². The summed E-state index contributed by atoms with van der Waals surface area (Å²) in [6.07, 6.45) is 1.62. The molecule has 0 spiro atoms. The van der Waals surface area contributed by atoms with Crippen molar-refractivity contribution in [1.29, 1.82) is 0 Å². The number of hydrogen-bond acceptors (Lipinski definition) is 4. The third kappa shape index (κ3) is 2.88. The van der Waals surface area contributed by atoms with Crippen molar-refractivity contribution in [2.75, 3.05) is 18.8 Å². The third-order valence-electron chi connectivity index (χ3n) is 3.95. The zero-order valence-corrected chi connectivity index (χ0v) is 13.7. The van der Waals surface area contributed by atoms with E-state index in [1.165, 1.54) is 11.8 Å². The molecule has 2 aromatic rings. The highest BCUT2D eigenvalue weighted by Crippen LogP contribution is 2.19. The number of nitrogens with zero attached hydrogens (tertiary/aromatic N) is 3. The average Bonchev–Trinajstić information content (AvgIpc) is 2.90. The molecule has 3 rings (SSSR count). The van der Waals surface area contributed by atoms with Gasteiger partial charge in [-0.05, 0) is 25.5 Å². The van der Waals surface area contributed by atoms with Crippen molar-refractivity contribution in [3.8, 4) is 0 Å². The Morgan fingerprint density at radius 1 is 1.32 bits per heavy atom. The molecule has 0 atom stereocenters. The largest absolute Gasteiger partial charge is 0.342 e. The molecule has 116 valence electrons. The fourth-order valence-corrected chi connectivity index (χ4v) is 3.61. The minimum Gasteiger partial charge on any atom is -0.342 e. The van der Waals surface area contributed by atoms with Crippen LogP contribution >= 0.6 is 11.8 Å². The molecule has 1 aliphatic rings. The predicted molar refractivity (Wildman–Crippen MR) is 88.3 cm³/mol. The van der Waals surface area contributed by atoms with E-state index in [2.05, 4.69) is 4.98 Å². The lowest BCUT2D eigenvalue weighted by atomic mass is 10.2. The second kappa shape index (κ2) is 6.12. The second-order valence-electron chi connectivity index (χ2n) is 5.61. The van der Waals surface area contributed by atoms with Crippen LogP contribution < -0.4 is 5.56 Å². The van der Waals surface area contributed by atoms with Gasteiger partial charge < -0.3 is 4.90 Å². The smallest absolute Gasteiger partial charge is 0.261 e. The molecule has 0 unspecified atom stereocenters. The molecule has 1 amide bonds. The van der Waals surface area contributed by atoms with Gasteiger partial charge in [-0.2, -0.15) is 0 Å². The fraction of sp³-hybridized carbons (Fsp3) is 0.438. The Morgan fingerprint density at radius 3 is 2.86 bits per heavy atom. The Labute approximate surface area is 133 Å². The molecular weight excluding hydrogens is 298 g/mol. The number of thioether (sulfide) groups is 1. The van der Waals surface area contributed by atoms with Crippen LogP contribution in [0.2, 0.25) is 0 Å². The van der Waals surface area contributed by atoms with Crippen LogP contribution in [0.5, 0.6) is 0 Å². The number of likely N-dealkylation sites (tertiary alicyclic amines) is 1. The van der Waals surface area contributed by atoms with Crippen molar-refractivity contribution in [2.24, 2.45) is 7.05 Å². The highest BCUT2D eigenvalue weighted by atomic mass is 32.2. The summed E-state index contributed by atoms with van der Waals surface area (Å²) in [6, 6.07) is 5.73. The summed E-state index contributed by atoms with van der Waals surface area (Å²) in [5, 5.41) is 1.36. The quantitative estimate of drug-likeness (QED) is 0.639. The maximum Gasteiger partial charge on any atom is 0.261 e. The molecule has 1 fully saturated rings. The van der Waals surface area contributed by atoms with Crippen molar-refractivity contribution in [3.05, 3.63) is 34.1 Å². The van der Waals surface area contributed by atoms with E-state index in [0.717, 1.165) is 29.8 Å². The summed E-state index contributed by atoms with van der Waals surface area (Å²) >= 11 is 1.53. The molecular formula is C16H19N3O2S. The molecule has 0 radical (unpaired) electrons. The summed E-state index contributed by atoms with van der Waals surface area (Å²) in [5.74, 6) is 0.986. The van der Waals surface area contributed by atoms with Gasteiger partial charge in [0.15, 0.2) is 5.16 Å². The molecule has 1 saturated heterocycles. The SMILES string of the molecule is Cc1ccc2nc(SCCN3CCCC3=O)n(C)c(=O)c2c1. The van der Waals surface area contributed by atoms with Gasteiger partial charge in [-0.1, -0.05) is 23.4 Å². The highest BCUT2D eigenvalue weighted by Gasteiger charge is 2.19. The van der Waals surface area contributed by atoms with E-state index in [9.17, 15) is 9.59 Å². The summed E-state index contributed by atoms with van der Waals surface area (Å²) in [4.78, 5) is 30.5. The topological polar surface area (TPSA) is 55.2 Å². The molecule has 1 aromatic carbocycles. The summed E-state index contributed by atoms with van der Waals surface area (Å²) < 4.78 is 1.60. The molecule has 0 N–H and O–H groups in total. The molecule has 0 saturated carbocycles. The van der Waals surface area contributed by atoms with Gasteiger partial charge in [0.25, 0.3) is 5.56 Å². The molecule has 6 heteroatoms. The van der Waals surface area contributed by atoms with Crippen molar-refractivity contribution in [1.82, 2.24) is 14.5 Å². The number of benzene rings is 1. The molecule has 2 heterocycles. The van der Waals surface area contributed by atoms with Crippen LogP contribution in [0, 0.1) is 6.92 Å². The van der Waals surface area contributed by atoms with E-state index >= 15 is 0 Å². The van der Waals surface area contributed by atoms with E-state index in [1.807, 2.05) is 30.0 Å². The van der Waals surface area contributed by atoms with E-state index in [1.54, 1.807) is 11.6 Å². The number of fused-ring (bicyclic) bond motifs is 1. The Bertz CT molecular complexity index is 785. The molecule has 22 heavy (non-hydrogen) atoms. The maximum absolute atomic E-state index is 12.4. The summed E-state index contributed by atoms with van der Waals surface area (Å²) in [5.41, 5.74) is 1.77. The minimum atomic E-state index is -0.0200. The van der Waals surface area contributed by atoms with Crippen LogP contribution in [0.15, 0.2) is 28.2 Å². The molecule has 0 bridgehead atoms. The van der Waals surface area contributed by atoms with Crippen molar-refractivity contribution >= 4 is 28.6 Å². The first kappa shape index (κ1) is 15.1. The molecule has 0 aliphatic carbocycles. The highest BCUT2D eigenvalue weighted by molar-refractivity contribution is 7.99. The van der Waals surface area contributed by atoms with Gasteiger partial charge in [-0.25, -0.2) is 4.98 Å². The first-order valence-electron chi connectivity index (χ1n) is 7.44. The normalized spacial score (nSPS) is 15.0. The number of carbonyl (C=O) groups excluding carboxylic acids is 1. The number of carbonyl (C=O) groups is 1. The lowest BCUT2D eigenvalue weighted by molar-refractivity contribution is -0.127. The Morgan fingerprint density at radius 2 is 2.14 bits per heavy atom. The van der Waals surface area contributed by atoms with Crippen LogP contribution in [0.1, 0.15) is 18.4 Å². The van der Waals surface area contributed by atoms with Crippen LogP contribution in [-0.4, -0.2) is 39.2 Å². The van der Waals surface area contributed by atoms with Gasteiger partial charge in [0.2, 0.25) is 5.91 Å². The van der Waals surface area contributed by atoms with Crippen molar-refractivity contribution in [2.45, 2.75) is 24.9 Å². The fourth-order valence-electron chi connectivity index (χ4n) is 2.68. The predicted octanol–water partition coefficient (Wildman–Crippen LogP) is 1.96. The maximum atomic E-state index is 12.4. The average molecular weight is 317 g/mol. The van der Waals surface area contributed by atoms with Crippen LogP contribution in [0.3, 0.4) is 0 Å². The van der Waals surface area contributed by atoms with Crippen molar-refractivity contribution in [3.63, 3.8) is 0 Å². The van der Waals surface area contributed by atoms with Gasteiger partial charge in [0.05, 0.1) is 10.9 Å². The summed E-state index contributed by atoms with van der Waals surface area (Å²) in [7, 11) is 1.75. The van der Waals surface area contributed by atoms with Gasteiger partial charge >= 0.3 is 0 Å². The van der Waals surface area contributed by atoms with Gasteiger partial charge in [0, 0.05) is 32.3 Å². The third-order valence-corrected chi connectivity index (χ3v) is 4.96. The number of aryl methyl sites for hydroxylation is 1. The number of amides is 1. The van der Waals surface area contributed by atoms with Crippen molar-refractivity contribution < 1.29 is 4.79 Å². The zero-order valence-electron chi connectivity index (χ0n) is 12.8.